The maximum Gasteiger partial charge on any atom is 0.0781 e. The molecule has 0 bridgehead atoms. The highest BCUT2D eigenvalue weighted by Gasteiger charge is 2.23. The summed E-state index contributed by atoms with van der Waals surface area (Å²) in [5.74, 6) is 0.681. The van der Waals surface area contributed by atoms with E-state index in [0.717, 1.165) is 17.8 Å². The zero-order chi connectivity index (χ0) is 13.8. The number of rotatable bonds is 4. The van der Waals surface area contributed by atoms with Crippen molar-refractivity contribution in [2.75, 3.05) is 25.5 Å². The molecule has 1 fully saturated rings. The largest absolute Gasteiger partial charge is 0.389 e. The van der Waals surface area contributed by atoms with Gasteiger partial charge < -0.3 is 15.3 Å². The molecule has 1 aromatic carbocycles. The van der Waals surface area contributed by atoms with Crippen molar-refractivity contribution >= 4 is 5.69 Å². The van der Waals surface area contributed by atoms with Gasteiger partial charge in [0, 0.05) is 23.8 Å². The van der Waals surface area contributed by atoms with Crippen LogP contribution in [0.5, 0.6) is 0 Å². The number of nitrogens with one attached hydrogen (secondary N) is 1. The van der Waals surface area contributed by atoms with Crippen molar-refractivity contribution in [2.24, 2.45) is 5.92 Å². The lowest BCUT2D eigenvalue weighted by molar-refractivity contribution is 0.195. The Labute approximate surface area is 116 Å². The summed E-state index contributed by atoms with van der Waals surface area (Å²) in [6.45, 7) is 6.45. The molecule has 1 heterocycles. The molecule has 0 spiro atoms. The minimum absolute atomic E-state index is 0.426. The average molecular weight is 262 g/mol. The van der Waals surface area contributed by atoms with E-state index in [9.17, 15) is 5.11 Å². The van der Waals surface area contributed by atoms with Gasteiger partial charge in [-0.1, -0.05) is 18.2 Å². The normalized spacial score (nSPS) is 23.9. The molecule has 0 saturated carbocycles. The van der Waals surface area contributed by atoms with Gasteiger partial charge in [0.1, 0.15) is 0 Å². The molecule has 2 rings (SSSR count). The third kappa shape index (κ3) is 3.71. The molecular formula is C16H26N2O. The highest BCUT2D eigenvalue weighted by molar-refractivity contribution is 5.52. The monoisotopic (exact) mass is 262 g/mol. The molecule has 3 atom stereocenters. The lowest BCUT2D eigenvalue weighted by Crippen LogP contribution is -2.40. The number of aliphatic hydroxyl groups excluding tert-OH is 1. The zero-order valence-electron chi connectivity index (χ0n) is 12.3. The lowest BCUT2D eigenvalue weighted by atomic mass is 9.91. The second-order valence-corrected chi connectivity index (χ2v) is 5.86. The molecule has 1 aliphatic rings. The lowest BCUT2D eigenvalue weighted by Gasteiger charge is -2.34. The molecule has 1 saturated heterocycles. The number of hydrogen-bond acceptors (Lipinski definition) is 3. The Balaban J connectivity index is 2.04. The molecule has 3 nitrogen and oxygen atoms in total. The molecule has 2 N–H and O–H groups in total. The van der Waals surface area contributed by atoms with Gasteiger partial charge in [-0.15, -0.1) is 0 Å². The van der Waals surface area contributed by atoms with E-state index in [1.54, 1.807) is 0 Å². The highest BCUT2D eigenvalue weighted by atomic mass is 16.3. The molecule has 1 aromatic rings. The molecule has 19 heavy (non-hydrogen) atoms. The standard InChI is InChI=1S/C16H26N2O/c1-12(14-7-6-10-18(3)11-14)17-16-9-5-4-8-15(16)13(2)19/h4-5,8-9,12-14,17,19H,6-7,10-11H2,1-3H3. The van der Waals surface area contributed by atoms with Crippen molar-refractivity contribution in [1.82, 2.24) is 4.90 Å². The fourth-order valence-corrected chi connectivity index (χ4v) is 2.97. The maximum atomic E-state index is 9.82. The van der Waals surface area contributed by atoms with E-state index in [2.05, 4.69) is 30.3 Å². The van der Waals surface area contributed by atoms with Crippen LogP contribution in [0.2, 0.25) is 0 Å². The molecule has 0 amide bonds. The van der Waals surface area contributed by atoms with Gasteiger partial charge in [-0.3, -0.25) is 0 Å². The average Bonchev–Trinajstić information content (AvgIpc) is 2.39. The fourth-order valence-electron chi connectivity index (χ4n) is 2.97. The van der Waals surface area contributed by atoms with Gasteiger partial charge in [-0.05, 0) is 52.3 Å². The summed E-state index contributed by atoms with van der Waals surface area (Å²) < 4.78 is 0. The second kappa shape index (κ2) is 6.40. The van der Waals surface area contributed by atoms with Crippen molar-refractivity contribution in [2.45, 2.75) is 38.8 Å². The summed E-state index contributed by atoms with van der Waals surface area (Å²) in [4.78, 5) is 2.41. The van der Waals surface area contributed by atoms with Crippen molar-refractivity contribution in [3.8, 4) is 0 Å². The van der Waals surface area contributed by atoms with Gasteiger partial charge in [0.05, 0.1) is 6.10 Å². The molecule has 0 aromatic heterocycles. The molecular weight excluding hydrogens is 236 g/mol. The first-order valence-electron chi connectivity index (χ1n) is 7.30. The quantitative estimate of drug-likeness (QED) is 0.876. The summed E-state index contributed by atoms with van der Waals surface area (Å²) in [6.07, 6.45) is 2.14. The number of likely N-dealkylation sites (tertiary alicyclic amines) is 1. The summed E-state index contributed by atoms with van der Waals surface area (Å²) in [5.41, 5.74) is 2.05. The molecule has 106 valence electrons. The minimum atomic E-state index is -0.426. The number of aliphatic hydroxyl groups is 1. The Kier molecular flexibility index (Phi) is 4.83. The van der Waals surface area contributed by atoms with Crippen LogP contribution < -0.4 is 5.32 Å². The van der Waals surface area contributed by atoms with Gasteiger partial charge in [-0.25, -0.2) is 0 Å². The number of anilines is 1. The van der Waals surface area contributed by atoms with Crippen LogP contribution in [0.25, 0.3) is 0 Å². The number of hydrogen-bond donors (Lipinski definition) is 2. The molecule has 3 unspecified atom stereocenters. The van der Waals surface area contributed by atoms with Crippen LogP contribution >= 0.6 is 0 Å². The van der Waals surface area contributed by atoms with Crippen molar-refractivity contribution in [3.63, 3.8) is 0 Å². The van der Waals surface area contributed by atoms with Crippen LogP contribution in [0, 0.1) is 5.92 Å². The first-order chi connectivity index (χ1) is 9.08. The summed E-state index contributed by atoms with van der Waals surface area (Å²) in [5, 5.41) is 13.4. The van der Waals surface area contributed by atoms with Crippen LogP contribution in [0.3, 0.4) is 0 Å². The van der Waals surface area contributed by atoms with Gasteiger partial charge >= 0.3 is 0 Å². The third-order valence-corrected chi connectivity index (χ3v) is 4.16. The summed E-state index contributed by atoms with van der Waals surface area (Å²) in [7, 11) is 2.20. The van der Waals surface area contributed by atoms with Crippen molar-refractivity contribution in [1.29, 1.82) is 0 Å². The highest BCUT2D eigenvalue weighted by Crippen LogP contribution is 2.26. The number of piperidine rings is 1. The van der Waals surface area contributed by atoms with Crippen LogP contribution in [-0.2, 0) is 0 Å². The van der Waals surface area contributed by atoms with E-state index >= 15 is 0 Å². The van der Waals surface area contributed by atoms with E-state index in [-0.39, 0.29) is 0 Å². The number of nitrogens with zero attached hydrogens (tertiary/aromatic N) is 1. The van der Waals surface area contributed by atoms with Crippen LogP contribution in [0.15, 0.2) is 24.3 Å². The first-order valence-corrected chi connectivity index (χ1v) is 7.30. The number of benzene rings is 1. The molecule has 0 radical (unpaired) electrons. The topological polar surface area (TPSA) is 35.5 Å². The van der Waals surface area contributed by atoms with Gasteiger partial charge in [0.15, 0.2) is 0 Å². The van der Waals surface area contributed by atoms with E-state index < -0.39 is 6.10 Å². The van der Waals surface area contributed by atoms with E-state index in [1.807, 2.05) is 25.1 Å². The predicted octanol–water partition coefficient (Wildman–Crippen LogP) is 2.88. The second-order valence-electron chi connectivity index (χ2n) is 5.86. The van der Waals surface area contributed by atoms with E-state index in [0.29, 0.717) is 12.0 Å². The molecule has 3 heteroatoms. The molecule has 1 aliphatic heterocycles. The first kappa shape index (κ1) is 14.4. The minimum Gasteiger partial charge on any atom is -0.389 e. The SMILES string of the molecule is CC(O)c1ccccc1NC(C)C1CCCN(C)C1. The van der Waals surface area contributed by atoms with Gasteiger partial charge in [0.25, 0.3) is 0 Å². The Morgan fingerprint density at radius 3 is 2.74 bits per heavy atom. The van der Waals surface area contributed by atoms with Gasteiger partial charge in [-0.2, -0.15) is 0 Å². The Morgan fingerprint density at radius 2 is 2.05 bits per heavy atom. The van der Waals surface area contributed by atoms with E-state index in [4.69, 9.17) is 0 Å². The molecule has 0 aliphatic carbocycles. The van der Waals surface area contributed by atoms with E-state index in [1.165, 1.54) is 19.4 Å². The van der Waals surface area contributed by atoms with Crippen LogP contribution in [0.1, 0.15) is 38.4 Å². The Morgan fingerprint density at radius 1 is 1.32 bits per heavy atom. The summed E-state index contributed by atoms with van der Waals surface area (Å²) >= 11 is 0. The zero-order valence-corrected chi connectivity index (χ0v) is 12.3. The fraction of sp³-hybridized carbons (Fsp3) is 0.625. The number of para-hydroxylation sites is 1. The predicted molar refractivity (Wildman–Crippen MR) is 80.4 cm³/mol. The van der Waals surface area contributed by atoms with Gasteiger partial charge in [0.2, 0.25) is 0 Å². The maximum absolute atomic E-state index is 9.82. The Bertz CT molecular complexity index is 405. The van der Waals surface area contributed by atoms with Crippen molar-refractivity contribution < 1.29 is 5.11 Å². The van der Waals surface area contributed by atoms with Crippen LogP contribution in [0.4, 0.5) is 5.69 Å². The Hall–Kier alpha value is -1.06. The van der Waals surface area contributed by atoms with Crippen LogP contribution in [-0.4, -0.2) is 36.2 Å². The smallest absolute Gasteiger partial charge is 0.0781 e. The summed E-state index contributed by atoms with van der Waals surface area (Å²) in [6, 6.07) is 8.49. The van der Waals surface area contributed by atoms with Crippen molar-refractivity contribution in [3.05, 3.63) is 29.8 Å². The third-order valence-electron chi connectivity index (χ3n) is 4.16.